The number of esters is 2. The molecule has 0 aromatic heterocycles. The minimum Gasteiger partial charge on any atom is -0.465 e. The molecule has 0 aromatic carbocycles. The van der Waals surface area contributed by atoms with Crippen molar-refractivity contribution in [2.45, 2.75) is 188 Å². The lowest BCUT2D eigenvalue weighted by molar-refractivity contribution is -0.146. The van der Waals surface area contributed by atoms with E-state index in [0.29, 0.717) is 44.4 Å². The molecule has 0 rings (SSSR count). The molecule has 0 aliphatic carbocycles. The monoisotopic (exact) mass is 640 g/mol. The lowest BCUT2D eigenvalue weighted by atomic mass is 9.95. The number of carbonyl (C=O) groups excluding carboxylic acids is 2. The largest absolute Gasteiger partial charge is 0.465 e. The van der Waals surface area contributed by atoms with E-state index in [1.54, 1.807) is 0 Å². The van der Waals surface area contributed by atoms with Crippen LogP contribution in [0.15, 0.2) is 0 Å². The van der Waals surface area contributed by atoms with E-state index in [-0.39, 0.29) is 18.5 Å². The van der Waals surface area contributed by atoms with Gasteiger partial charge in [0.05, 0.1) is 19.8 Å². The summed E-state index contributed by atoms with van der Waals surface area (Å²) in [7, 11) is 0. The van der Waals surface area contributed by atoms with Crippen molar-refractivity contribution in [2.75, 3.05) is 39.5 Å². The van der Waals surface area contributed by atoms with Gasteiger partial charge in [-0.25, -0.2) is 0 Å². The minimum absolute atomic E-state index is 0.0383. The number of unbranched alkanes of at least 4 members (excludes halogenated alkanes) is 15. The Morgan fingerprint density at radius 1 is 0.533 bits per heavy atom. The molecule has 0 saturated heterocycles. The summed E-state index contributed by atoms with van der Waals surface area (Å²) >= 11 is 0. The average molecular weight is 640 g/mol. The van der Waals surface area contributed by atoms with Crippen molar-refractivity contribution in [3.63, 3.8) is 0 Å². The number of rotatable bonds is 35. The highest BCUT2D eigenvalue weighted by atomic mass is 16.5. The van der Waals surface area contributed by atoms with Gasteiger partial charge in [0.1, 0.15) is 0 Å². The SMILES string of the molecule is CCCCCCCCC(CCCCCC)COC(=O)CCCCCN(CCO)CCCCCC(=O)OCC(C)CCCCCC. The van der Waals surface area contributed by atoms with E-state index in [0.717, 1.165) is 58.0 Å². The van der Waals surface area contributed by atoms with E-state index in [9.17, 15) is 14.7 Å². The Bertz CT molecular complexity index is 643. The summed E-state index contributed by atoms with van der Waals surface area (Å²) in [6.45, 7) is 12.8. The third-order valence-corrected chi connectivity index (χ3v) is 9.12. The number of nitrogens with zero attached hydrogens (tertiary/aromatic N) is 1. The fourth-order valence-corrected chi connectivity index (χ4v) is 6.02. The molecule has 0 heterocycles. The molecule has 0 aromatic rings. The molecule has 2 atom stereocenters. The number of aliphatic hydroxyl groups excluding tert-OH is 1. The maximum absolute atomic E-state index is 12.5. The van der Waals surface area contributed by atoms with Crippen LogP contribution in [-0.4, -0.2) is 61.4 Å². The van der Waals surface area contributed by atoms with Crippen LogP contribution in [0.4, 0.5) is 0 Å². The van der Waals surface area contributed by atoms with Gasteiger partial charge in [-0.2, -0.15) is 0 Å². The Labute approximate surface area is 280 Å². The molecule has 0 aliphatic rings. The van der Waals surface area contributed by atoms with Gasteiger partial charge in [0, 0.05) is 19.4 Å². The number of aliphatic hydroxyl groups is 1. The van der Waals surface area contributed by atoms with Crippen LogP contribution in [0, 0.1) is 11.8 Å². The number of ether oxygens (including phenoxy) is 2. The van der Waals surface area contributed by atoms with Crippen molar-refractivity contribution < 1.29 is 24.2 Å². The van der Waals surface area contributed by atoms with Crippen molar-refractivity contribution in [3.8, 4) is 0 Å². The molecule has 1 N–H and O–H groups in total. The summed E-state index contributed by atoms with van der Waals surface area (Å²) < 4.78 is 11.2. The fraction of sp³-hybridized carbons (Fsp3) is 0.949. The third kappa shape index (κ3) is 31.2. The molecule has 2 unspecified atom stereocenters. The zero-order valence-corrected chi connectivity index (χ0v) is 30.6. The first kappa shape index (κ1) is 43.9. The van der Waals surface area contributed by atoms with E-state index in [1.807, 2.05) is 0 Å². The Kier molecular flexibility index (Phi) is 33.3. The minimum atomic E-state index is -0.0681. The second-order valence-electron chi connectivity index (χ2n) is 13.8. The summed E-state index contributed by atoms with van der Waals surface area (Å²) in [6.07, 6.45) is 28.3. The van der Waals surface area contributed by atoms with Gasteiger partial charge in [0.2, 0.25) is 0 Å². The highest BCUT2D eigenvalue weighted by molar-refractivity contribution is 5.69. The zero-order valence-electron chi connectivity index (χ0n) is 30.6. The van der Waals surface area contributed by atoms with Crippen molar-refractivity contribution in [2.24, 2.45) is 11.8 Å². The van der Waals surface area contributed by atoms with Gasteiger partial charge < -0.3 is 19.5 Å². The summed E-state index contributed by atoms with van der Waals surface area (Å²) in [6, 6.07) is 0. The Morgan fingerprint density at radius 2 is 0.956 bits per heavy atom. The van der Waals surface area contributed by atoms with Crippen molar-refractivity contribution >= 4 is 11.9 Å². The van der Waals surface area contributed by atoms with Gasteiger partial charge in [0.15, 0.2) is 0 Å². The van der Waals surface area contributed by atoms with Gasteiger partial charge in [-0.1, -0.05) is 130 Å². The second kappa shape index (κ2) is 34.2. The summed E-state index contributed by atoms with van der Waals surface area (Å²) in [5.41, 5.74) is 0. The Hall–Kier alpha value is -1.14. The van der Waals surface area contributed by atoms with E-state index >= 15 is 0 Å². The van der Waals surface area contributed by atoms with Crippen molar-refractivity contribution in [1.82, 2.24) is 4.90 Å². The van der Waals surface area contributed by atoms with E-state index in [1.165, 1.54) is 103 Å². The van der Waals surface area contributed by atoms with Crippen LogP contribution in [0.2, 0.25) is 0 Å². The highest BCUT2D eigenvalue weighted by Crippen LogP contribution is 2.20. The molecule has 45 heavy (non-hydrogen) atoms. The molecule has 0 aliphatic heterocycles. The van der Waals surface area contributed by atoms with E-state index in [2.05, 4.69) is 32.6 Å². The lowest BCUT2D eigenvalue weighted by Gasteiger charge is -2.21. The van der Waals surface area contributed by atoms with Gasteiger partial charge >= 0.3 is 11.9 Å². The number of hydrogen-bond acceptors (Lipinski definition) is 6. The van der Waals surface area contributed by atoms with Crippen LogP contribution in [0.1, 0.15) is 188 Å². The topological polar surface area (TPSA) is 76.1 Å². The van der Waals surface area contributed by atoms with Crippen LogP contribution in [0.5, 0.6) is 0 Å². The number of hydrogen-bond donors (Lipinski definition) is 1. The molecule has 0 saturated carbocycles. The lowest BCUT2D eigenvalue weighted by Crippen LogP contribution is -2.29. The molecule has 0 spiro atoms. The maximum Gasteiger partial charge on any atom is 0.305 e. The third-order valence-electron chi connectivity index (χ3n) is 9.12. The molecular weight excluding hydrogens is 562 g/mol. The normalized spacial score (nSPS) is 12.8. The van der Waals surface area contributed by atoms with Crippen molar-refractivity contribution in [3.05, 3.63) is 0 Å². The van der Waals surface area contributed by atoms with Crippen LogP contribution >= 0.6 is 0 Å². The maximum atomic E-state index is 12.5. The Balaban J connectivity index is 4.04. The quantitative estimate of drug-likeness (QED) is 0.0549. The molecule has 0 radical (unpaired) electrons. The highest BCUT2D eigenvalue weighted by Gasteiger charge is 2.13. The van der Waals surface area contributed by atoms with Gasteiger partial charge in [0.25, 0.3) is 0 Å². The van der Waals surface area contributed by atoms with Crippen LogP contribution < -0.4 is 0 Å². The average Bonchev–Trinajstić information content (AvgIpc) is 3.03. The van der Waals surface area contributed by atoms with Crippen molar-refractivity contribution in [1.29, 1.82) is 0 Å². The zero-order chi connectivity index (χ0) is 33.2. The molecule has 0 amide bonds. The second-order valence-corrected chi connectivity index (χ2v) is 13.8. The summed E-state index contributed by atoms with van der Waals surface area (Å²) in [5, 5.41) is 9.49. The Morgan fingerprint density at radius 3 is 1.47 bits per heavy atom. The molecule has 268 valence electrons. The number of carbonyl (C=O) groups is 2. The van der Waals surface area contributed by atoms with Gasteiger partial charge in [-0.05, 0) is 69.9 Å². The smallest absolute Gasteiger partial charge is 0.305 e. The standard InChI is InChI=1S/C39H77NO5/c1-5-8-11-14-15-20-27-37(26-19-13-10-7-3)35-45-39(43)29-22-17-24-31-40(32-33-41)30-23-16-21-28-38(42)44-34-36(4)25-18-12-9-6-2/h36-37,41H,5-35H2,1-4H3. The van der Waals surface area contributed by atoms with Crippen LogP contribution in [0.3, 0.4) is 0 Å². The van der Waals surface area contributed by atoms with Crippen LogP contribution in [-0.2, 0) is 19.1 Å². The molecule has 0 bridgehead atoms. The van der Waals surface area contributed by atoms with Gasteiger partial charge in [-0.3, -0.25) is 9.59 Å². The van der Waals surface area contributed by atoms with Crippen LogP contribution in [0.25, 0.3) is 0 Å². The first-order chi connectivity index (χ1) is 22.0. The van der Waals surface area contributed by atoms with E-state index in [4.69, 9.17) is 9.47 Å². The summed E-state index contributed by atoms with van der Waals surface area (Å²) in [4.78, 5) is 26.9. The first-order valence-electron chi connectivity index (χ1n) is 19.6. The molecular formula is C39H77NO5. The first-order valence-corrected chi connectivity index (χ1v) is 19.6. The summed E-state index contributed by atoms with van der Waals surface area (Å²) in [5.74, 6) is 0.856. The predicted octanol–water partition coefficient (Wildman–Crippen LogP) is 10.4. The molecule has 6 heteroatoms. The predicted molar refractivity (Wildman–Crippen MR) is 191 cm³/mol. The van der Waals surface area contributed by atoms with Gasteiger partial charge in [-0.15, -0.1) is 0 Å². The fourth-order valence-electron chi connectivity index (χ4n) is 6.02. The molecule has 6 nitrogen and oxygen atoms in total. The van der Waals surface area contributed by atoms with E-state index < -0.39 is 0 Å². The molecule has 0 fully saturated rings.